The number of aromatic hydroxyl groups is 3. The minimum atomic E-state index is -5.84. The molecule has 0 aromatic heterocycles. The quantitative estimate of drug-likeness (QED) is 0.0387. The minimum Gasteiger partial charge on any atom is -0.508 e. The van der Waals surface area contributed by atoms with Gasteiger partial charge >= 0.3 is 48.8 Å². The van der Waals surface area contributed by atoms with Crippen LogP contribution in [-0.4, -0.2) is 96.1 Å². The highest BCUT2D eigenvalue weighted by Gasteiger charge is 2.71. The number of hydrogen-bond donors (Lipinski definition) is 7. The minimum absolute atomic E-state index is 0.00826. The van der Waals surface area contributed by atoms with Gasteiger partial charge in [-0.05, 0) is 260 Å². The van der Waals surface area contributed by atoms with Crippen molar-refractivity contribution in [3.05, 3.63) is 125 Å². The molecule has 4 aromatic rings. The fourth-order valence-electron chi connectivity index (χ4n) is 15.2. The molecule has 0 spiro atoms. The van der Waals surface area contributed by atoms with Crippen LogP contribution in [-0.2, 0) is 35.0 Å². The standard InChI is InChI=1S/C13H14F6O.C13H18O2.C11H16O.2C10H14O.C8H12O2.2C7H11F3O.C6H9F3O2/c1-3-8(2)9-4-6-10(7-5-9)11(20,12(14,15)16)13(17,18)19;14-13(15)10-5-8-4-9(10)12-7-2-1-6(3-7)11(8)12;1-4-11(2,3)9-5-7-10(12)8-6-9;1-3-8(2)9-4-6-10(11)7-5-9;1-3-8(2)9-5-4-6-10(11)7-9;9-8(10)7-4-5-1-2-6(7)3-5;2*1-4-6(3,5(2)11)7(8,9)10;1-3-5(2,4(10)11)6(7,8)9/h4-8,20H,3H2,1-2H3;6-12H,1-5H2,(H,14,15);5-8,12H,4H2,1-3H3;2*4-8,11H,3H2,1-2H3;5-7H,1-4H2,(H,9,10);2*4H2,1-3H3;3H2,1-2H3,(H,10,11). The number of alkyl halides is 15. The van der Waals surface area contributed by atoms with Crippen LogP contribution in [0.25, 0.3) is 0 Å². The molecule has 4 aromatic carbocycles. The molecule has 7 N–H and O–H groups in total. The number of Topliss-reactive ketones (excluding diaryl/α,β-unsaturated/α-hetero) is 2. The molecule has 636 valence electrons. The van der Waals surface area contributed by atoms with Gasteiger partial charge in [0.15, 0.2) is 5.41 Å². The van der Waals surface area contributed by atoms with E-state index in [1.807, 2.05) is 49.4 Å². The molecule has 0 radical (unpaired) electrons. The van der Waals surface area contributed by atoms with E-state index in [2.05, 4.69) is 48.5 Å². The number of carbonyl (C=O) groups excluding carboxylic acids is 2. The number of ketones is 2. The van der Waals surface area contributed by atoms with Gasteiger partial charge in [-0.25, -0.2) is 0 Å². The molecule has 0 saturated heterocycles. The molecule has 16 atom stereocenters. The van der Waals surface area contributed by atoms with Gasteiger partial charge in [0.25, 0.3) is 5.60 Å². The van der Waals surface area contributed by atoms with Crippen molar-refractivity contribution in [2.45, 2.75) is 280 Å². The summed E-state index contributed by atoms with van der Waals surface area (Å²) in [6.07, 6.45) is -10.8. The number of carboxylic acid groups (broad SMARTS) is 3. The van der Waals surface area contributed by atoms with Crippen molar-refractivity contribution in [1.82, 2.24) is 0 Å². The monoisotopic (exact) mass is 1620 g/mol. The lowest BCUT2D eigenvalue weighted by atomic mass is 9.67. The number of halogens is 15. The molecule has 0 amide bonds. The Morgan fingerprint density at radius 2 is 0.768 bits per heavy atom. The summed E-state index contributed by atoms with van der Waals surface area (Å²) in [5.74, 6) is 3.99. The van der Waals surface area contributed by atoms with E-state index in [0.29, 0.717) is 72.0 Å². The number of aliphatic hydroxyl groups is 1. The number of phenolic OH excluding ortho intramolecular Hbond substituents is 3. The van der Waals surface area contributed by atoms with E-state index in [1.54, 1.807) is 37.3 Å². The van der Waals surface area contributed by atoms with Crippen LogP contribution in [0.4, 0.5) is 65.9 Å². The van der Waals surface area contributed by atoms with E-state index in [0.717, 1.165) is 95.3 Å². The number of carbonyl (C=O) groups is 5. The summed E-state index contributed by atoms with van der Waals surface area (Å²) in [7, 11) is 0. The number of carboxylic acids is 3. The Balaban J connectivity index is 0.000000432. The summed E-state index contributed by atoms with van der Waals surface area (Å²) >= 11 is 0. The normalized spacial score (nSPS) is 23.7. The van der Waals surface area contributed by atoms with Gasteiger partial charge in [0.05, 0.1) is 11.8 Å². The van der Waals surface area contributed by atoms with E-state index < -0.39 is 94.2 Å². The van der Waals surface area contributed by atoms with E-state index >= 15 is 0 Å². The number of benzene rings is 4. The molecular formula is C85H119F15O12. The lowest BCUT2D eigenvalue weighted by molar-refractivity contribution is -0.376. The first-order valence-corrected chi connectivity index (χ1v) is 38.5. The third-order valence-electron chi connectivity index (χ3n) is 25.1. The summed E-state index contributed by atoms with van der Waals surface area (Å²) < 4.78 is 185. The second-order valence-electron chi connectivity index (χ2n) is 32.1. The molecule has 0 aliphatic heterocycles. The summed E-state index contributed by atoms with van der Waals surface area (Å²) in [6.45, 7) is 27.3. The Bertz CT molecular complexity index is 3470. The Labute approximate surface area is 650 Å². The summed E-state index contributed by atoms with van der Waals surface area (Å²) in [5.41, 5.74) is -8.39. The first-order chi connectivity index (χ1) is 51.3. The Kier molecular flexibility index (Phi) is 37.4. The predicted molar refractivity (Wildman–Crippen MR) is 400 cm³/mol. The number of phenols is 3. The molecule has 112 heavy (non-hydrogen) atoms. The maximum atomic E-state index is 12.6. The maximum absolute atomic E-state index is 12.6. The second-order valence-corrected chi connectivity index (χ2v) is 32.1. The van der Waals surface area contributed by atoms with Crippen LogP contribution in [0.1, 0.15) is 266 Å². The van der Waals surface area contributed by atoms with Gasteiger partial charge in [0.1, 0.15) is 39.6 Å². The lowest BCUT2D eigenvalue weighted by Gasteiger charge is -2.37. The van der Waals surface area contributed by atoms with Gasteiger partial charge < -0.3 is 35.7 Å². The van der Waals surface area contributed by atoms with Crippen molar-refractivity contribution >= 4 is 29.5 Å². The fraction of sp³-hybridized carbons (Fsp3) is 0.659. The SMILES string of the molecule is CCC(C)(C(=O)O)C(F)(F)F.CCC(C)(C(C)=O)C(F)(F)F.CCC(C)(C(C)=O)C(F)(F)F.CCC(C)(C)c1ccc(O)cc1.CCC(C)c1ccc(C(O)(C(F)(F)F)C(F)(F)F)cc1.CCC(C)c1ccc(O)cc1.CCC(C)c1cccc(O)c1.O=C(O)C1CC2CC1C1C3CCC(C3)C21.O=C(O)C1CC2CCC1C2. The largest absolute Gasteiger partial charge is 0.508 e. The molecule has 12 nitrogen and oxygen atoms in total. The number of rotatable bonds is 17. The molecule has 16 unspecified atom stereocenters. The smallest absolute Gasteiger partial charge is 0.430 e. The van der Waals surface area contributed by atoms with E-state index in [4.69, 9.17) is 25.5 Å². The highest BCUT2D eigenvalue weighted by molar-refractivity contribution is 5.83. The molecule has 0 heterocycles. The van der Waals surface area contributed by atoms with Crippen molar-refractivity contribution < 1.29 is 126 Å². The van der Waals surface area contributed by atoms with Crippen LogP contribution in [0.3, 0.4) is 0 Å². The molecule has 6 bridgehead atoms. The van der Waals surface area contributed by atoms with Crippen molar-refractivity contribution in [3.63, 3.8) is 0 Å². The molecule has 6 saturated carbocycles. The second kappa shape index (κ2) is 41.5. The van der Waals surface area contributed by atoms with Gasteiger partial charge in [-0.2, -0.15) is 65.9 Å². The maximum Gasteiger partial charge on any atom is 0.430 e. The van der Waals surface area contributed by atoms with Crippen LogP contribution in [0, 0.1) is 75.4 Å². The zero-order valence-corrected chi connectivity index (χ0v) is 67.4. The van der Waals surface area contributed by atoms with E-state index in [9.17, 15) is 100 Å². The summed E-state index contributed by atoms with van der Waals surface area (Å²) in [4.78, 5) is 53.2. The highest BCUT2D eigenvalue weighted by atomic mass is 19.4. The van der Waals surface area contributed by atoms with Crippen molar-refractivity contribution in [1.29, 1.82) is 0 Å². The van der Waals surface area contributed by atoms with Crippen molar-refractivity contribution in [3.8, 4) is 17.2 Å². The molecule has 27 heteroatoms. The summed E-state index contributed by atoms with van der Waals surface area (Å²) in [6, 6.07) is 26.0. The zero-order valence-electron chi connectivity index (χ0n) is 67.4. The molecule has 10 rings (SSSR count). The highest BCUT2D eigenvalue weighted by Crippen LogP contribution is 2.69. The first kappa shape index (κ1) is 101. The molecular weight excluding hydrogens is 1500 g/mol. The average Bonchev–Trinajstić information content (AvgIpc) is 1.54. The molecule has 6 aliphatic rings. The average molecular weight is 1620 g/mol. The number of hydrogen-bond acceptors (Lipinski definition) is 9. The Morgan fingerprint density at radius 1 is 0.393 bits per heavy atom. The van der Waals surface area contributed by atoms with Crippen molar-refractivity contribution in [2.75, 3.05) is 0 Å². The van der Waals surface area contributed by atoms with Crippen molar-refractivity contribution in [2.24, 2.45) is 75.4 Å². The van der Waals surface area contributed by atoms with E-state index in [1.165, 1.54) is 94.5 Å². The zero-order chi connectivity index (χ0) is 86.6. The number of aliphatic carboxylic acids is 3. The third-order valence-corrected chi connectivity index (χ3v) is 25.1. The number of fused-ring (bicyclic) bond motifs is 11. The Hall–Kier alpha value is -7.06. The Morgan fingerprint density at radius 3 is 1.06 bits per heavy atom. The van der Waals surface area contributed by atoms with Gasteiger partial charge in [-0.3, -0.25) is 24.0 Å². The van der Waals surface area contributed by atoms with E-state index in [-0.39, 0.29) is 36.0 Å². The molecule has 6 aliphatic carbocycles. The van der Waals surface area contributed by atoms with Crippen LogP contribution in [0.2, 0.25) is 0 Å². The van der Waals surface area contributed by atoms with Crippen LogP contribution in [0.5, 0.6) is 17.2 Å². The van der Waals surface area contributed by atoms with Crippen LogP contribution >= 0.6 is 0 Å². The fourth-order valence-corrected chi connectivity index (χ4v) is 15.2. The third kappa shape index (κ3) is 25.7. The van der Waals surface area contributed by atoms with Gasteiger partial charge in [0, 0.05) is 5.56 Å². The predicted octanol–water partition coefficient (Wildman–Crippen LogP) is 24.5. The van der Waals surface area contributed by atoms with Crippen LogP contribution < -0.4 is 0 Å². The summed E-state index contributed by atoms with van der Waals surface area (Å²) in [5, 5.41) is 62.7. The van der Waals surface area contributed by atoms with Crippen LogP contribution in [0.15, 0.2) is 97.1 Å². The van der Waals surface area contributed by atoms with Gasteiger partial charge in [-0.1, -0.05) is 150 Å². The van der Waals surface area contributed by atoms with Gasteiger partial charge in [0.2, 0.25) is 0 Å². The van der Waals surface area contributed by atoms with Gasteiger partial charge in [-0.15, -0.1) is 0 Å². The molecule has 6 fully saturated rings. The first-order valence-electron chi connectivity index (χ1n) is 38.5. The topological polar surface area (TPSA) is 227 Å². The lowest BCUT2D eigenvalue weighted by Crippen LogP contribution is -2.53.